The van der Waals surface area contributed by atoms with Gasteiger partial charge in [-0.1, -0.05) is 22.9 Å². The minimum Gasteiger partial charge on any atom is -0.369 e. The molecule has 5 heteroatoms. The normalized spacial score (nSPS) is 24.1. The molecule has 0 saturated carbocycles. The summed E-state index contributed by atoms with van der Waals surface area (Å²) in [5, 5.41) is 0. The molecule has 0 bridgehead atoms. The zero-order valence-electron chi connectivity index (χ0n) is 9.69. The van der Waals surface area contributed by atoms with E-state index in [1.54, 1.807) is 6.07 Å². The van der Waals surface area contributed by atoms with Crippen molar-refractivity contribution in [2.75, 3.05) is 18.0 Å². The van der Waals surface area contributed by atoms with Crippen molar-refractivity contribution in [3.63, 3.8) is 0 Å². The van der Waals surface area contributed by atoms with Crippen LogP contribution in [0.2, 0.25) is 0 Å². The largest absolute Gasteiger partial charge is 0.369 e. The van der Waals surface area contributed by atoms with Crippen molar-refractivity contribution in [3.8, 4) is 0 Å². The first-order chi connectivity index (χ1) is 7.99. The Labute approximate surface area is 109 Å². The molecule has 17 heavy (non-hydrogen) atoms. The van der Waals surface area contributed by atoms with Gasteiger partial charge in [-0.05, 0) is 24.1 Å². The van der Waals surface area contributed by atoms with Gasteiger partial charge in [0.2, 0.25) is 0 Å². The highest BCUT2D eigenvalue weighted by molar-refractivity contribution is 9.10. The van der Waals surface area contributed by atoms with Gasteiger partial charge in [0.05, 0.1) is 5.56 Å². The van der Waals surface area contributed by atoms with Gasteiger partial charge in [0.25, 0.3) is 5.91 Å². The van der Waals surface area contributed by atoms with Gasteiger partial charge in [0.15, 0.2) is 0 Å². The summed E-state index contributed by atoms with van der Waals surface area (Å²) < 4.78 is 0.853. The van der Waals surface area contributed by atoms with Gasteiger partial charge in [-0.15, -0.1) is 0 Å². The number of benzene rings is 1. The summed E-state index contributed by atoms with van der Waals surface area (Å²) in [6, 6.07) is 5.73. The van der Waals surface area contributed by atoms with Gasteiger partial charge >= 0.3 is 0 Å². The van der Waals surface area contributed by atoms with E-state index in [9.17, 15) is 4.79 Å². The first-order valence-corrected chi connectivity index (χ1v) is 6.38. The minimum absolute atomic E-state index is 0.152. The predicted octanol–water partition coefficient (Wildman–Crippen LogP) is 1.33. The molecule has 2 rings (SSSR count). The molecule has 0 aliphatic carbocycles. The van der Waals surface area contributed by atoms with E-state index >= 15 is 0 Å². The van der Waals surface area contributed by atoms with Gasteiger partial charge in [0, 0.05) is 29.3 Å². The summed E-state index contributed by atoms with van der Waals surface area (Å²) in [4.78, 5) is 13.6. The van der Waals surface area contributed by atoms with Crippen LogP contribution in [-0.2, 0) is 0 Å². The quantitative estimate of drug-likeness (QED) is 0.865. The second kappa shape index (κ2) is 4.66. The maximum absolute atomic E-state index is 11.4. The number of primary amides is 1. The fraction of sp³-hybridized carbons (Fsp3) is 0.417. The molecule has 4 nitrogen and oxygen atoms in total. The zero-order valence-corrected chi connectivity index (χ0v) is 11.3. The fourth-order valence-electron chi connectivity index (χ4n) is 2.17. The Hall–Kier alpha value is -1.07. The van der Waals surface area contributed by atoms with Crippen LogP contribution < -0.4 is 16.4 Å². The number of carbonyl (C=O) groups excluding carboxylic acids is 1. The number of anilines is 1. The van der Waals surface area contributed by atoms with Crippen LogP contribution in [0, 0.1) is 5.92 Å². The molecular formula is C12H16BrN3O. The van der Waals surface area contributed by atoms with E-state index in [1.165, 1.54) is 0 Å². The van der Waals surface area contributed by atoms with Crippen molar-refractivity contribution < 1.29 is 4.79 Å². The number of nitrogens with two attached hydrogens (primary N) is 2. The molecule has 4 N–H and O–H groups in total. The first kappa shape index (κ1) is 12.4. The highest BCUT2D eigenvalue weighted by Crippen LogP contribution is 2.28. The monoisotopic (exact) mass is 297 g/mol. The molecule has 2 atom stereocenters. The van der Waals surface area contributed by atoms with Crippen LogP contribution in [0.25, 0.3) is 0 Å². The molecule has 2 unspecified atom stereocenters. The molecule has 1 aliphatic heterocycles. The molecule has 1 heterocycles. The smallest absolute Gasteiger partial charge is 0.250 e. The molecule has 1 aromatic carbocycles. The van der Waals surface area contributed by atoms with E-state index in [0.29, 0.717) is 11.5 Å². The second-order valence-corrected chi connectivity index (χ2v) is 5.49. The molecule has 0 spiro atoms. The highest BCUT2D eigenvalue weighted by Gasteiger charge is 2.28. The lowest BCUT2D eigenvalue weighted by Gasteiger charge is -2.20. The third-order valence-electron chi connectivity index (χ3n) is 3.24. The van der Waals surface area contributed by atoms with Crippen molar-refractivity contribution >= 4 is 27.5 Å². The van der Waals surface area contributed by atoms with Crippen molar-refractivity contribution in [1.82, 2.24) is 0 Å². The summed E-state index contributed by atoms with van der Waals surface area (Å²) in [6.07, 6.45) is 0. The van der Waals surface area contributed by atoms with Crippen LogP contribution in [-0.4, -0.2) is 25.0 Å². The molecule has 1 aliphatic rings. The Morgan fingerprint density at radius 2 is 2.18 bits per heavy atom. The van der Waals surface area contributed by atoms with Gasteiger partial charge in [-0.25, -0.2) is 0 Å². The fourth-order valence-corrected chi connectivity index (χ4v) is 2.53. The van der Waals surface area contributed by atoms with E-state index in [-0.39, 0.29) is 6.04 Å². The van der Waals surface area contributed by atoms with Crippen LogP contribution in [0.15, 0.2) is 22.7 Å². The average Bonchev–Trinajstić information content (AvgIpc) is 2.59. The molecule has 1 fully saturated rings. The van der Waals surface area contributed by atoms with Crippen molar-refractivity contribution in [3.05, 3.63) is 28.2 Å². The first-order valence-electron chi connectivity index (χ1n) is 5.59. The molecule has 1 amide bonds. The Kier molecular flexibility index (Phi) is 3.40. The maximum Gasteiger partial charge on any atom is 0.250 e. The topological polar surface area (TPSA) is 72.3 Å². The highest BCUT2D eigenvalue weighted by atomic mass is 79.9. The van der Waals surface area contributed by atoms with Crippen LogP contribution in [0.4, 0.5) is 5.69 Å². The van der Waals surface area contributed by atoms with Crippen LogP contribution >= 0.6 is 15.9 Å². The Bertz CT molecular complexity index is 439. The summed E-state index contributed by atoms with van der Waals surface area (Å²) in [7, 11) is 0. The van der Waals surface area contributed by atoms with E-state index in [0.717, 1.165) is 23.2 Å². The van der Waals surface area contributed by atoms with Crippen LogP contribution in [0.5, 0.6) is 0 Å². The number of nitrogens with zero attached hydrogens (tertiary/aromatic N) is 1. The van der Waals surface area contributed by atoms with Gasteiger partial charge in [-0.2, -0.15) is 0 Å². The summed E-state index contributed by atoms with van der Waals surface area (Å²) >= 11 is 3.35. The van der Waals surface area contributed by atoms with Crippen LogP contribution in [0.3, 0.4) is 0 Å². The molecule has 1 aromatic rings. The summed E-state index contributed by atoms with van der Waals surface area (Å²) in [5.41, 5.74) is 12.8. The van der Waals surface area contributed by atoms with Gasteiger partial charge in [0.1, 0.15) is 0 Å². The van der Waals surface area contributed by atoms with E-state index in [4.69, 9.17) is 11.5 Å². The summed E-state index contributed by atoms with van der Waals surface area (Å²) in [5.74, 6) is 0.0220. The Morgan fingerprint density at radius 1 is 1.47 bits per heavy atom. The predicted molar refractivity (Wildman–Crippen MR) is 72.0 cm³/mol. The zero-order chi connectivity index (χ0) is 12.6. The summed E-state index contributed by atoms with van der Waals surface area (Å²) in [6.45, 7) is 3.75. The van der Waals surface area contributed by atoms with Crippen molar-refractivity contribution in [2.45, 2.75) is 13.0 Å². The minimum atomic E-state index is -0.408. The van der Waals surface area contributed by atoms with E-state index in [1.807, 2.05) is 12.1 Å². The van der Waals surface area contributed by atoms with Crippen LogP contribution in [0.1, 0.15) is 17.3 Å². The standard InChI is InChI=1S/C12H16BrN3O/c1-7-5-16(6-10(7)14)11-3-2-8(13)4-9(11)12(15)17/h2-4,7,10H,5-6,14H2,1H3,(H2,15,17). The lowest BCUT2D eigenvalue weighted by Crippen LogP contribution is -2.29. The van der Waals surface area contributed by atoms with Crippen molar-refractivity contribution in [1.29, 1.82) is 0 Å². The lowest BCUT2D eigenvalue weighted by atomic mass is 10.1. The molecule has 1 saturated heterocycles. The third kappa shape index (κ3) is 2.45. The average molecular weight is 298 g/mol. The van der Waals surface area contributed by atoms with Crippen molar-refractivity contribution in [2.24, 2.45) is 17.4 Å². The number of hydrogen-bond donors (Lipinski definition) is 2. The van der Waals surface area contributed by atoms with Gasteiger partial charge < -0.3 is 16.4 Å². The van der Waals surface area contributed by atoms with E-state index < -0.39 is 5.91 Å². The molecular weight excluding hydrogens is 282 g/mol. The van der Waals surface area contributed by atoms with Gasteiger partial charge in [-0.3, -0.25) is 4.79 Å². The maximum atomic E-state index is 11.4. The second-order valence-electron chi connectivity index (χ2n) is 4.57. The number of carbonyl (C=O) groups is 1. The SMILES string of the molecule is CC1CN(c2ccc(Br)cc2C(N)=O)CC1N. The Morgan fingerprint density at radius 3 is 2.71 bits per heavy atom. The lowest BCUT2D eigenvalue weighted by molar-refractivity contribution is 0.100. The number of halogens is 1. The molecule has 92 valence electrons. The number of hydrogen-bond acceptors (Lipinski definition) is 3. The molecule has 0 radical (unpaired) electrons. The number of rotatable bonds is 2. The molecule has 0 aromatic heterocycles. The number of amides is 1. The third-order valence-corrected chi connectivity index (χ3v) is 3.73. The van der Waals surface area contributed by atoms with E-state index in [2.05, 4.69) is 27.8 Å². The Balaban J connectivity index is 2.36.